The molecule has 0 aliphatic carbocycles. The Balaban J connectivity index is 1.78. The van der Waals surface area contributed by atoms with Gasteiger partial charge in [0, 0.05) is 18.6 Å². The second-order valence-corrected chi connectivity index (χ2v) is 5.02. The number of rotatable bonds is 1. The van der Waals surface area contributed by atoms with Crippen molar-refractivity contribution in [2.75, 3.05) is 5.32 Å². The molecule has 3 heterocycles. The average Bonchev–Trinajstić information content (AvgIpc) is 2.96. The molecule has 0 saturated carbocycles. The molecule has 1 atom stereocenters. The Morgan fingerprint density at radius 1 is 1.11 bits per heavy atom. The van der Waals surface area contributed by atoms with Crippen LogP contribution < -0.4 is 5.32 Å². The van der Waals surface area contributed by atoms with Gasteiger partial charge in [0.05, 0.1) is 11.7 Å². The number of benzene rings is 1. The van der Waals surface area contributed by atoms with Crippen LogP contribution in [0.15, 0.2) is 55.0 Å². The van der Waals surface area contributed by atoms with Crippen molar-refractivity contribution >= 4 is 11.3 Å². The lowest BCUT2D eigenvalue weighted by Crippen LogP contribution is -2.18. The second kappa shape index (κ2) is 4.12. The average molecular weight is 249 g/mol. The van der Waals surface area contributed by atoms with Gasteiger partial charge in [-0.3, -0.25) is 0 Å². The summed E-state index contributed by atoms with van der Waals surface area (Å²) in [5.74, 6) is 0. The van der Waals surface area contributed by atoms with Gasteiger partial charge in [0.15, 0.2) is 5.65 Å². The molecule has 0 amide bonds. The van der Waals surface area contributed by atoms with Crippen molar-refractivity contribution in [3.8, 4) is 0 Å². The zero-order valence-electron chi connectivity index (χ0n) is 10.6. The van der Waals surface area contributed by atoms with Gasteiger partial charge in [-0.05, 0) is 30.0 Å². The molecular weight excluding hydrogens is 234 g/mol. The van der Waals surface area contributed by atoms with Crippen molar-refractivity contribution in [2.24, 2.45) is 0 Å². The first-order valence-corrected chi connectivity index (χ1v) is 6.68. The Bertz CT molecular complexity index is 715. The molecule has 4 rings (SSSR count). The van der Waals surface area contributed by atoms with Crippen molar-refractivity contribution in [3.05, 3.63) is 66.1 Å². The molecular formula is C16H15N3. The van der Waals surface area contributed by atoms with E-state index in [2.05, 4.69) is 57.3 Å². The Hall–Kier alpha value is -2.29. The molecule has 0 radical (unpaired) electrons. The molecule has 0 spiro atoms. The van der Waals surface area contributed by atoms with Gasteiger partial charge in [-0.15, -0.1) is 0 Å². The molecule has 0 fully saturated rings. The first kappa shape index (κ1) is 10.6. The first-order valence-electron chi connectivity index (χ1n) is 6.68. The summed E-state index contributed by atoms with van der Waals surface area (Å²) in [6.07, 6.45) is 8.16. The maximum absolute atomic E-state index is 4.46. The highest BCUT2D eigenvalue weighted by Crippen LogP contribution is 2.34. The van der Waals surface area contributed by atoms with Gasteiger partial charge in [-0.25, -0.2) is 4.98 Å². The molecule has 1 N–H and O–H groups in total. The SMILES string of the molecule is c1ccc(C2CCc3ccn4ccnc4c3N2)cc1. The van der Waals surface area contributed by atoms with E-state index >= 15 is 0 Å². The van der Waals surface area contributed by atoms with E-state index in [4.69, 9.17) is 0 Å². The van der Waals surface area contributed by atoms with Crippen molar-refractivity contribution in [3.63, 3.8) is 0 Å². The molecule has 19 heavy (non-hydrogen) atoms. The van der Waals surface area contributed by atoms with E-state index in [-0.39, 0.29) is 0 Å². The fourth-order valence-corrected chi connectivity index (χ4v) is 2.87. The van der Waals surface area contributed by atoms with Gasteiger partial charge in [0.25, 0.3) is 0 Å². The van der Waals surface area contributed by atoms with Crippen LogP contribution in [0.3, 0.4) is 0 Å². The molecule has 3 aromatic rings. The molecule has 0 bridgehead atoms. The van der Waals surface area contributed by atoms with Crippen molar-refractivity contribution in [1.82, 2.24) is 9.38 Å². The summed E-state index contributed by atoms with van der Waals surface area (Å²) in [5.41, 5.74) is 4.93. The largest absolute Gasteiger partial charge is 0.375 e. The van der Waals surface area contributed by atoms with Gasteiger partial charge in [0.1, 0.15) is 0 Å². The minimum atomic E-state index is 0.386. The van der Waals surface area contributed by atoms with Crippen LogP contribution in [-0.4, -0.2) is 9.38 Å². The quantitative estimate of drug-likeness (QED) is 0.716. The molecule has 1 aliphatic rings. The maximum Gasteiger partial charge on any atom is 0.160 e. The predicted molar refractivity (Wildman–Crippen MR) is 76.3 cm³/mol. The number of hydrogen-bond donors (Lipinski definition) is 1. The molecule has 0 saturated heterocycles. The number of hydrogen-bond acceptors (Lipinski definition) is 2. The first-order chi connectivity index (χ1) is 9.42. The maximum atomic E-state index is 4.46. The van der Waals surface area contributed by atoms with Crippen LogP contribution >= 0.6 is 0 Å². The topological polar surface area (TPSA) is 29.3 Å². The Morgan fingerprint density at radius 3 is 2.89 bits per heavy atom. The number of imidazole rings is 1. The van der Waals surface area contributed by atoms with E-state index in [0.717, 1.165) is 18.5 Å². The molecule has 1 unspecified atom stereocenters. The number of pyridine rings is 1. The highest BCUT2D eigenvalue weighted by molar-refractivity contribution is 5.73. The molecule has 1 aliphatic heterocycles. The third kappa shape index (κ3) is 1.70. The van der Waals surface area contributed by atoms with Crippen LogP contribution in [0.25, 0.3) is 5.65 Å². The Morgan fingerprint density at radius 2 is 2.00 bits per heavy atom. The summed E-state index contributed by atoms with van der Waals surface area (Å²) >= 11 is 0. The number of aryl methyl sites for hydroxylation is 1. The second-order valence-electron chi connectivity index (χ2n) is 5.02. The van der Waals surface area contributed by atoms with Gasteiger partial charge >= 0.3 is 0 Å². The van der Waals surface area contributed by atoms with Crippen LogP contribution in [0.4, 0.5) is 5.69 Å². The standard InChI is InChI=1S/C16H15N3/c1-2-4-12(5-3-1)14-7-6-13-8-10-19-11-9-17-16(19)15(13)18-14/h1-5,8-11,14,18H,6-7H2. The highest BCUT2D eigenvalue weighted by Gasteiger charge is 2.21. The molecule has 2 aromatic heterocycles. The Kier molecular flexibility index (Phi) is 2.30. The monoisotopic (exact) mass is 249 g/mol. The fourth-order valence-electron chi connectivity index (χ4n) is 2.87. The van der Waals surface area contributed by atoms with E-state index in [0.29, 0.717) is 6.04 Å². The van der Waals surface area contributed by atoms with E-state index in [1.165, 1.54) is 16.8 Å². The van der Waals surface area contributed by atoms with Gasteiger partial charge < -0.3 is 9.72 Å². The number of aromatic nitrogens is 2. The molecule has 94 valence electrons. The summed E-state index contributed by atoms with van der Waals surface area (Å²) in [7, 11) is 0. The lowest BCUT2D eigenvalue weighted by Gasteiger charge is -2.27. The minimum Gasteiger partial charge on any atom is -0.375 e. The van der Waals surface area contributed by atoms with Gasteiger partial charge in [-0.1, -0.05) is 30.3 Å². The summed E-state index contributed by atoms with van der Waals surface area (Å²) in [6.45, 7) is 0. The molecule has 1 aromatic carbocycles. The zero-order chi connectivity index (χ0) is 12.7. The fraction of sp³-hybridized carbons (Fsp3) is 0.188. The van der Waals surface area contributed by atoms with Crippen LogP contribution in [0.1, 0.15) is 23.6 Å². The number of nitrogens with zero attached hydrogens (tertiary/aromatic N) is 2. The lowest BCUT2D eigenvalue weighted by atomic mass is 9.94. The summed E-state index contributed by atoms with van der Waals surface area (Å²) in [6, 6.07) is 13.2. The zero-order valence-corrected chi connectivity index (χ0v) is 10.6. The minimum absolute atomic E-state index is 0.386. The normalized spacial score (nSPS) is 18.0. The van der Waals surface area contributed by atoms with E-state index < -0.39 is 0 Å². The van der Waals surface area contributed by atoms with Crippen molar-refractivity contribution in [2.45, 2.75) is 18.9 Å². The van der Waals surface area contributed by atoms with Crippen LogP contribution in [-0.2, 0) is 6.42 Å². The number of nitrogens with one attached hydrogen (secondary N) is 1. The van der Waals surface area contributed by atoms with Crippen molar-refractivity contribution < 1.29 is 0 Å². The lowest BCUT2D eigenvalue weighted by molar-refractivity contribution is 0.667. The Labute approximate surface area is 111 Å². The summed E-state index contributed by atoms with van der Waals surface area (Å²) < 4.78 is 2.07. The van der Waals surface area contributed by atoms with E-state index in [9.17, 15) is 0 Å². The molecule has 3 nitrogen and oxygen atoms in total. The highest BCUT2D eigenvalue weighted by atomic mass is 15.0. The predicted octanol–water partition coefficient (Wildman–Crippen LogP) is 3.43. The number of fused-ring (bicyclic) bond motifs is 3. The summed E-state index contributed by atoms with van der Waals surface area (Å²) in [5, 5.41) is 3.66. The third-order valence-corrected chi connectivity index (χ3v) is 3.87. The number of anilines is 1. The van der Waals surface area contributed by atoms with Crippen LogP contribution in [0.5, 0.6) is 0 Å². The van der Waals surface area contributed by atoms with E-state index in [1.54, 1.807) is 0 Å². The van der Waals surface area contributed by atoms with Crippen LogP contribution in [0.2, 0.25) is 0 Å². The smallest absolute Gasteiger partial charge is 0.160 e. The van der Waals surface area contributed by atoms with Crippen molar-refractivity contribution in [1.29, 1.82) is 0 Å². The van der Waals surface area contributed by atoms with Gasteiger partial charge in [0.2, 0.25) is 0 Å². The van der Waals surface area contributed by atoms with Gasteiger partial charge in [-0.2, -0.15) is 0 Å². The summed E-state index contributed by atoms with van der Waals surface area (Å²) in [4.78, 5) is 4.46. The third-order valence-electron chi connectivity index (χ3n) is 3.87. The van der Waals surface area contributed by atoms with E-state index in [1.807, 2.05) is 12.4 Å². The van der Waals surface area contributed by atoms with Crippen LogP contribution in [0, 0.1) is 0 Å². The molecule has 3 heteroatoms.